The molecule has 0 aliphatic carbocycles. The molecule has 0 radical (unpaired) electrons. The Morgan fingerprint density at radius 1 is 1.21 bits per heavy atom. The molecular weight excluding hydrogens is 242 g/mol. The SMILES string of the molecule is Cc1ccccc1-c1cnnc(Br)n1. The van der Waals surface area contributed by atoms with Crippen LogP contribution in [0.15, 0.2) is 35.2 Å². The maximum atomic E-state index is 4.25. The molecule has 3 nitrogen and oxygen atoms in total. The first-order chi connectivity index (χ1) is 6.77. The van der Waals surface area contributed by atoms with E-state index in [-0.39, 0.29) is 0 Å². The highest BCUT2D eigenvalue weighted by Crippen LogP contribution is 2.20. The summed E-state index contributed by atoms with van der Waals surface area (Å²) in [5, 5.41) is 7.59. The minimum atomic E-state index is 0.512. The van der Waals surface area contributed by atoms with E-state index in [1.807, 2.05) is 31.2 Å². The van der Waals surface area contributed by atoms with Gasteiger partial charge in [-0.2, -0.15) is 5.10 Å². The molecule has 0 atom stereocenters. The molecule has 14 heavy (non-hydrogen) atoms. The predicted octanol–water partition coefficient (Wildman–Crippen LogP) is 2.61. The van der Waals surface area contributed by atoms with Crippen LogP contribution < -0.4 is 0 Å². The van der Waals surface area contributed by atoms with E-state index in [0.29, 0.717) is 4.73 Å². The third-order valence-electron chi connectivity index (χ3n) is 1.95. The molecule has 0 spiro atoms. The Kier molecular flexibility index (Phi) is 2.54. The highest BCUT2D eigenvalue weighted by atomic mass is 79.9. The van der Waals surface area contributed by atoms with E-state index in [0.717, 1.165) is 11.3 Å². The summed E-state index contributed by atoms with van der Waals surface area (Å²) in [6.45, 7) is 2.05. The molecule has 1 aromatic carbocycles. The van der Waals surface area contributed by atoms with Crippen molar-refractivity contribution in [1.82, 2.24) is 15.2 Å². The number of halogens is 1. The Morgan fingerprint density at radius 3 is 2.71 bits per heavy atom. The lowest BCUT2D eigenvalue weighted by Crippen LogP contribution is -1.92. The molecule has 70 valence electrons. The number of benzene rings is 1. The Hall–Kier alpha value is -1.29. The molecule has 0 aliphatic rings. The van der Waals surface area contributed by atoms with E-state index in [4.69, 9.17) is 0 Å². The van der Waals surface area contributed by atoms with E-state index in [2.05, 4.69) is 31.1 Å². The monoisotopic (exact) mass is 249 g/mol. The number of hydrogen-bond donors (Lipinski definition) is 0. The molecular formula is C10H8BrN3. The van der Waals surface area contributed by atoms with E-state index < -0.39 is 0 Å². The molecule has 4 heteroatoms. The summed E-state index contributed by atoms with van der Waals surface area (Å²) in [5.74, 6) is 0. The zero-order chi connectivity index (χ0) is 9.97. The maximum absolute atomic E-state index is 4.25. The Balaban J connectivity index is 2.55. The molecule has 0 N–H and O–H groups in total. The summed E-state index contributed by atoms with van der Waals surface area (Å²) >= 11 is 3.20. The molecule has 2 rings (SSSR count). The van der Waals surface area contributed by atoms with Crippen molar-refractivity contribution >= 4 is 15.9 Å². The summed E-state index contributed by atoms with van der Waals surface area (Å²) in [6, 6.07) is 8.05. The van der Waals surface area contributed by atoms with Gasteiger partial charge in [0.15, 0.2) is 0 Å². The Labute approximate surface area is 90.3 Å². The van der Waals surface area contributed by atoms with Gasteiger partial charge in [0.05, 0.1) is 11.9 Å². The number of aromatic nitrogens is 3. The van der Waals surface area contributed by atoms with Gasteiger partial charge in [-0.15, -0.1) is 5.10 Å². The van der Waals surface area contributed by atoms with Crippen molar-refractivity contribution in [2.24, 2.45) is 0 Å². The van der Waals surface area contributed by atoms with Crippen LogP contribution in [-0.4, -0.2) is 15.2 Å². The quantitative estimate of drug-likeness (QED) is 0.780. The summed E-state index contributed by atoms with van der Waals surface area (Å²) in [5.41, 5.74) is 3.10. The Bertz CT molecular complexity index is 457. The van der Waals surface area contributed by atoms with E-state index in [1.54, 1.807) is 6.20 Å². The third kappa shape index (κ3) is 1.80. The minimum absolute atomic E-state index is 0.512. The second-order valence-corrected chi connectivity index (χ2v) is 3.63. The van der Waals surface area contributed by atoms with Crippen LogP contribution in [-0.2, 0) is 0 Å². The fraction of sp³-hybridized carbons (Fsp3) is 0.100. The zero-order valence-electron chi connectivity index (χ0n) is 7.61. The summed E-state index contributed by atoms with van der Waals surface area (Å²) in [6.07, 6.45) is 1.66. The van der Waals surface area contributed by atoms with Gasteiger partial charge in [-0.25, -0.2) is 4.98 Å². The Morgan fingerprint density at radius 2 is 2.00 bits per heavy atom. The third-order valence-corrected chi connectivity index (χ3v) is 2.29. The number of hydrogen-bond acceptors (Lipinski definition) is 3. The van der Waals surface area contributed by atoms with Crippen LogP contribution >= 0.6 is 15.9 Å². The lowest BCUT2D eigenvalue weighted by Gasteiger charge is -2.03. The van der Waals surface area contributed by atoms with Gasteiger partial charge < -0.3 is 0 Å². The first-order valence-electron chi connectivity index (χ1n) is 4.18. The summed E-state index contributed by atoms with van der Waals surface area (Å²) in [7, 11) is 0. The molecule has 2 aromatic rings. The number of rotatable bonds is 1. The van der Waals surface area contributed by atoms with E-state index in [1.165, 1.54) is 5.56 Å². The first-order valence-corrected chi connectivity index (χ1v) is 4.98. The molecule has 0 amide bonds. The summed E-state index contributed by atoms with van der Waals surface area (Å²) in [4.78, 5) is 4.25. The lowest BCUT2D eigenvalue weighted by molar-refractivity contribution is 0.938. The van der Waals surface area contributed by atoms with Crippen molar-refractivity contribution in [2.75, 3.05) is 0 Å². The van der Waals surface area contributed by atoms with Crippen molar-refractivity contribution in [3.05, 3.63) is 40.8 Å². The number of aryl methyl sites for hydroxylation is 1. The molecule has 0 unspecified atom stereocenters. The highest BCUT2D eigenvalue weighted by molar-refractivity contribution is 9.10. The van der Waals surface area contributed by atoms with Crippen LogP contribution in [0.25, 0.3) is 11.3 Å². The minimum Gasteiger partial charge on any atom is -0.219 e. The van der Waals surface area contributed by atoms with Crippen molar-refractivity contribution in [2.45, 2.75) is 6.92 Å². The second-order valence-electron chi connectivity index (χ2n) is 2.93. The van der Waals surface area contributed by atoms with Crippen LogP contribution in [0, 0.1) is 6.92 Å². The first kappa shape index (κ1) is 9.27. The fourth-order valence-corrected chi connectivity index (χ4v) is 1.55. The smallest absolute Gasteiger partial charge is 0.218 e. The van der Waals surface area contributed by atoms with Gasteiger partial charge in [0, 0.05) is 5.56 Å². The topological polar surface area (TPSA) is 38.7 Å². The van der Waals surface area contributed by atoms with Gasteiger partial charge in [-0.1, -0.05) is 24.3 Å². The number of nitrogens with zero attached hydrogens (tertiary/aromatic N) is 3. The fourth-order valence-electron chi connectivity index (χ4n) is 1.27. The van der Waals surface area contributed by atoms with Crippen molar-refractivity contribution < 1.29 is 0 Å². The van der Waals surface area contributed by atoms with Crippen LogP contribution in [0.5, 0.6) is 0 Å². The molecule has 1 aromatic heterocycles. The van der Waals surface area contributed by atoms with Crippen molar-refractivity contribution in [3.8, 4) is 11.3 Å². The zero-order valence-corrected chi connectivity index (χ0v) is 9.19. The van der Waals surface area contributed by atoms with Crippen LogP contribution in [0.1, 0.15) is 5.56 Å². The lowest BCUT2D eigenvalue weighted by atomic mass is 10.1. The standard InChI is InChI=1S/C10H8BrN3/c1-7-4-2-3-5-8(7)9-6-12-14-10(11)13-9/h2-6H,1H3. The molecule has 0 saturated heterocycles. The van der Waals surface area contributed by atoms with E-state index >= 15 is 0 Å². The molecule has 0 bridgehead atoms. The van der Waals surface area contributed by atoms with Crippen LogP contribution in [0.2, 0.25) is 0 Å². The van der Waals surface area contributed by atoms with Crippen molar-refractivity contribution in [1.29, 1.82) is 0 Å². The molecule has 0 saturated carbocycles. The summed E-state index contributed by atoms with van der Waals surface area (Å²) < 4.78 is 0.512. The van der Waals surface area contributed by atoms with Gasteiger partial charge >= 0.3 is 0 Å². The average Bonchev–Trinajstić information content (AvgIpc) is 2.18. The second kappa shape index (κ2) is 3.84. The predicted molar refractivity (Wildman–Crippen MR) is 57.7 cm³/mol. The highest BCUT2D eigenvalue weighted by Gasteiger charge is 2.03. The van der Waals surface area contributed by atoms with Gasteiger partial charge in [0.2, 0.25) is 4.73 Å². The molecule has 0 aliphatic heterocycles. The van der Waals surface area contributed by atoms with Crippen LogP contribution in [0.3, 0.4) is 0 Å². The largest absolute Gasteiger partial charge is 0.219 e. The van der Waals surface area contributed by atoms with E-state index in [9.17, 15) is 0 Å². The normalized spacial score (nSPS) is 10.1. The van der Waals surface area contributed by atoms with Gasteiger partial charge in [0.25, 0.3) is 0 Å². The molecule has 1 heterocycles. The molecule has 0 fully saturated rings. The average molecular weight is 250 g/mol. The van der Waals surface area contributed by atoms with Crippen LogP contribution in [0.4, 0.5) is 0 Å². The van der Waals surface area contributed by atoms with Gasteiger partial charge in [0.1, 0.15) is 0 Å². The van der Waals surface area contributed by atoms with Gasteiger partial charge in [-0.05, 0) is 28.4 Å². The maximum Gasteiger partial charge on any atom is 0.218 e. The van der Waals surface area contributed by atoms with Crippen molar-refractivity contribution in [3.63, 3.8) is 0 Å². The van der Waals surface area contributed by atoms with Gasteiger partial charge in [-0.3, -0.25) is 0 Å².